The van der Waals surface area contributed by atoms with E-state index in [0.717, 1.165) is 17.7 Å². The summed E-state index contributed by atoms with van der Waals surface area (Å²) in [6, 6.07) is 6.84. The van der Waals surface area contributed by atoms with E-state index in [9.17, 15) is 4.79 Å². The molecule has 1 unspecified atom stereocenters. The zero-order valence-corrected chi connectivity index (χ0v) is 15.7. The van der Waals surface area contributed by atoms with Crippen LogP contribution in [0.1, 0.15) is 50.3 Å². The quantitative estimate of drug-likeness (QED) is 0.846. The van der Waals surface area contributed by atoms with Crippen molar-refractivity contribution in [1.82, 2.24) is 9.55 Å². The predicted octanol–water partition coefficient (Wildman–Crippen LogP) is 3.26. The highest BCUT2D eigenvalue weighted by Gasteiger charge is 2.28. The molecule has 138 valence electrons. The van der Waals surface area contributed by atoms with Crippen molar-refractivity contribution in [3.05, 3.63) is 51.4 Å². The van der Waals surface area contributed by atoms with Crippen molar-refractivity contribution in [2.75, 3.05) is 6.61 Å². The summed E-state index contributed by atoms with van der Waals surface area (Å²) in [5.41, 5.74) is 3.61. The standard InChI is InChI=1S/C21H26N2O3/c1-4-14-11-23-12-17(26-20(23)22-19(14)24)13-25-16-7-8-18-15(10-16)6-5-9-21(18,2)3/h7-8,10-11,17H,4-6,9,12-13H2,1-3H3. The lowest BCUT2D eigenvalue weighted by molar-refractivity contribution is 0.143. The van der Waals surface area contributed by atoms with Crippen LogP contribution in [-0.4, -0.2) is 22.3 Å². The minimum atomic E-state index is -0.197. The fourth-order valence-electron chi connectivity index (χ4n) is 4.05. The summed E-state index contributed by atoms with van der Waals surface area (Å²) in [5, 5.41) is 0. The molecule has 0 saturated carbocycles. The Morgan fingerprint density at radius 1 is 1.38 bits per heavy atom. The summed E-state index contributed by atoms with van der Waals surface area (Å²) in [5.74, 6) is 0.887. The number of fused-ring (bicyclic) bond motifs is 2. The van der Waals surface area contributed by atoms with E-state index in [1.54, 1.807) is 0 Å². The molecule has 5 heteroatoms. The molecular formula is C21H26N2O3. The van der Waals surface area contributed by atoms with Crippen LogP contribution >= 0.6 is 0 Å². The maximum Gasteiger partial charge on any atom is 0.300 e. The first kappa shape index (κ1) is 17.1. The van der Waals surface area contributed by atoms with Crippen molar-refractivity contribution < 1.29 is 9.47 Å². The van der Waals surface area contributed by atoms with Crippen molar-refractivity contribution >= 4 is 0 Å². The van der Waals surface area contributed by atoms with Crippen molar-refractivity contribution in [3.63, 3.8) is 0 Å². The van der Waals surface area contributed by atoms with E-state index < -0.39 is 0 Å². The van der Waals surface area contributed by atoms with E-state index in [-0.39, 0.29) is 17.1 Å². The third-order valence-corrected chi connectivity index (χ3v) is 5.57. The summed E-state index contributed by atoms with van der Waals surface area (Å²) >= 11 is 0. The molecule has 0 saturated heterocycles. The van der Waals surface area contributed by atoms with Gasteiger partial charge in [0.1, 0.15) is 12.4 Å². The van der Waals surface area contributed by atoms with Gasteiger partial charge in [-0.25, -0.2) is 0 Å². The fourth-order valence-corrected chi connectivity index (χ4v) is 4.05. The first-order chi connectivity index (χ1) is 12.5. The molecule has 2 heterocycles. The van der Waals surface area contributed by atoms with Gasteiger partial charge in [0, 0.05) is 11.8 Å². The predicted molar refractivity (Wildman–Crippen MR) is 100 cm³/mol. The Bertz CT molecular complexity index is 885. The lowest BCUT2D eigenvalue weighted by atomic mass is 9.73. The van der Waals surface area contributed by atoms with Crippen molar-refractivity contribution in [2.45, 2.75) is 64.5 Å². The van der Waals surface area contributed by atoms with E-state index in [4.69, 9.17) is 9.47 Å². The normalized spacial score (nSPS) is 20.2. The van der Waals surface area contributed by atoms with Gasteiger partial charge in [0.15, 0.2) is 6.10 Å². The smallest absolute Gasteiger partial charge is 0.300 e. The molecule has 4 rings (SSSR count). The Hall–Kier alpha value is -2.30. The Labute approximate surface area is 154 Å². The summed E-state index contributed by atoms with van der Waals surface area (Å²) < 4.78 is 13.7. The highest BCUT2D eigenvalue weighted by atomic mass is 16.6. The summed E-state index contributed by atoms with van der Waals surface area (Å²) in [7, 11) is 0. The highest BCUT2D eigenvalue weighted by molar-refractivity contribution is 5.41. The second kappa shape index (κ2) is 6.45. The summed E-state index contributed by atoms with van der Waals surface area (Å²) in [6.45, 7) is 7.69. The molecule has 0 bridgehead atoms. The SMILES string of the molecule is CCc1cn2c(nc1=O)OC(COc1ccc3c(c1)CCCC3(C)C)C2. The number of aromatic nitrogens is 2. The average molecular weight is 354 g/mol. The number of aryl methyl sites for hydroxylation is 2. The largest absolute Gasteiger partial charge is 0.490 e. The van der Waals surface area contributed by atoms with Gasteiger partial charge in [0.05, 0.1) is 6.54 Å². The number of rotatable bonds is 4. The van der Waals surface area contributed by atoms with E-state index >= 15 is 0 Å². The second-order valence-corrected chi connectivity index (χ2v) is 7.97. The van der Waals surface area contributed by atoms with Gasteiger partial charge in [0.2, 0.25) is 0 Å². The van der Waals surface area contributed by atoms with Crippen LogP contribution in [0.2, 0.25) is 0 Å². The third kappa shape index (κ3) is 3.11. The minimum Gasteiger partial charge on any atom is -0.490 e. The molecule has 1 aromatic carbocycles. The maximum atomic E-state index is 11.8. The van der Waals surface area contributed by atoms with Crippen molar-refractivity contribution in [1.29, 1.82) is 0 Å². The van der Waals surface area contributed by atoms with Crippen LogP contribution in [0.4, 0.5) is 0 Å². The van der Waals surface area contributed by atoms with Gasteiger partial charge in [0.25, 0.3) is 11.6 Å². The van der Waals surface area contributed by atoms with Crippen LogP contribution in [0.25, 0.3) is 0 Å². The minimum absolute atomic E-state index is 0.124. The van der Waals surface area contributed by atoms with Gasteiger partial charge in [-0.05, 0) is 54.4 Å². The van der Waals surface area contributed by atoms with Gasteiger partial charge in [-0.1, -0.05) is 26.8 Å². The Balaban J connectivity index is 1.43. The monoisotopic (exact) mass is 354 g/mol. The molecule has 1 aliphatic heterocycles. The number of nitrogens with zero attached hydrogens (tertiary/aromatic N) is 2. The Morgan fingerprint density at radius 3 is 3.04 bits per heavy atom. The summed E-state index contributed by atoms with van der Waals surface area (Å²) in [6.07, 6.45) is 5.99. The molecule has 5 nitrogen and oxygen atoms in total. The van der Waals surface area contributed by atoms with Crippen molar-refractivity contribution in [2.24, 2.45) is 0 Å². The fraction of sp³-hybridized carbons (Fsp3) is 0.524. The topological polar surface area (TPSA) is 53.4 Å². The Kier molecular flexibility index (Phi) is 4.25. The number of ether oxygens (including phenoxy) is 2. The molecule has 1 aliphatic carbocycles. The van der Waals surface area contributed by atoms with Crippen LogP contribution in [-0.2, 0) is 24.8 Å². The molecule has 0 fully saturated rings. The van der Waals surface area contributed by atoms with Crippen LogP contribution in [0.5, 0.6) is 11.8 Å². The molecule has 26 heavy (non-hydrogen) atoms. The molecule has 1 aromatic heterocycles. The van der Waals surface area contributed by atoms with Gasteiger partial charge in [-0.3, -0.25) is 9.36 Å². The molecule has 0 spiro atoms. The second-order valence-electron chi connectivity index (χ2n) is 7.97. The van der Waals surface area contributed by atoms with Gasteiger partial charge < -0.3 is 9.47 Å². The Morgan fingerprint density at radius 2 is 2.23 bits per heavy atom. The molecule has 0 amide bonds. The third-order valence-electron chi connectivity index (χ3n) is 5.57. The van der Waals surface area contributed by atoms with Crippen LogP contribution in [0.3, 0.4) is 0 Å². The number of hydrogen-bond acceptors (Lipinski definition) is 4. The van der Waals surface area contributed by atoms with Crippen LogP contribution in [0, 0.1) is 0 Å². The molecule has 0 N–H and O–H groups in total. The molecule has 0 radical (unpaired) electrons. The molecule has 1 atom stereocenters. The van der Waals surface area contributed by atoms with Crippen LogP contribution in [0.15, 0.2) is 29.2 Å². The van der Waals surface area contributed by atoms with Crippen molar-refractivity contribution in [3.8, 4) is 11.8 Å². The van der Waals surface area contributed by atoms with Gasteiger partial charge >= 0.3 is 0 Å². The zero-order valence-electron chi connectivity index (χ0n) is 15.7. The van der Waals surface area contributed by atoms with Gasteiger partial charge in [-0.15, -0.1) is 0 Å². The number of hydrogen-bond donors (Lipinski definition) is 0. The summed E-state index contributed by atoms with van der Waals surface area (Å²) in [4.78, 5) is 15.9. The first-order valence-electron chi connectivity index (χ1n) is 9.49. The van der Waals surface area contributed by atoms with E-state index in [1.165, 1.54) is 24.0 Å². The van der Waals surface area contributed by atoms with Gasteiger partial charge in [-0.2, -0.15) is 4.98 Å². The lowest BCUT2D eigenvalue weighted by Gasteiger charge is -2.32. The zero-order chi connectivity index (χ0) is 18.3. The first-order valence-corrected chi connectivity index (χ1v) is 9.49. The molecule has 2 aliphatic rings. The van der Waals surface area contributed by atoms with E-state index in [1.807, 2.05) is 17.7 Å². The number of benzene rings is 1. The maximum absolute atomic E-state index is 11.8. The molecule has 2 aromatic rings. The molecular weight excluding hydrogens is 328 g/mol. The lowest BCUT2D eigenvalue weighted by Crippen LogP contribution is -2.25. The highest BCUT2D eigenvalue weighted by Crippen LogP contribution is 2.38. The van der Waals surface area contributed by atoms with Crippen LogP contribution < -0.4 is 15.0 Å². The van der Waals surface area contributed by atoms with E-state index in [0.29, 0.717) is 25.6 Å². The van der Waals surface area contributed by atoms with E-state index in [2.05, 4.69) is 37.0 Å². The average Bonchev–Trinajstić information content (AvgIpc) is 3.00.